The van der Waals surface area contributed by atoms with Crippen LogP contribution in [0.15, 0.2) is 15.9 Å². The summed E-state index contributed by atoms with van der Waals surface area (Å²) in [5.41, 5.74) is 1.67. The summed E-state index contributed by atoms with van der Waals surface area (Å²) in [7, 11) is -1.74. The van der Waals surface area contributed by atoms with E-state index in [0.29, 0.717) is 0 Å². The highest BCUT2D eigenvalue weighted by molar-refractivity contribution is 7.91. The summed E-state index contributed by atoms with van der Waals surface area (Å²) in [4.78, 5) is 0. The van der Waals surface area contributed by atoms with Crippen LogP contribution in [-0.2, 0) is 17.1 Å². The maximum absolute atomic E-state index is 10.6. The minimum absolute atomic E-state index is 0.190. The zero-order valence-corrected chi connectivity index (χ0v) is 6.95. The number of aryl methyl sites for hydroxylation is 1. The molecule has 0 spiro atoms. The highest BCUT2D eigenvalue weighted by atomic mass is 32.2. The Morgan fingerprint density at radius 2 is 2.30 bits per heavy atom. The number of primary sulfonamides is 1. The van der Waals surface area contributed by atoms with Crippen LogP contribution >= 0.6 is 11.3 Å². The molecule has 1 aromatic rings. The molecular formula is C4H7N2O2S2+. The lowest BCUT2D eigenvalue weighted by Gasteiger charge is -1.83. The molecule has 4 nitrogen and oxygen atoms in total. The maximum Gasteiger partial charge on any atom is 0.253 e. The van der Waals surface area contributed by atoms with Gasteiger partial charge in [-0.3, -0.25) is 0 Å². The molecule has 0 aliphatic heterocycles. The van der Waals surface area contributed by atoms with Crippen LogP contribution in [0, 0.1) is 0 Å². The maximum atomic E-state index is 10.6. The van der Waals surface area contributed by atoms with Gasteiger partial charge in [0.1, 0.15) is 7.05 Å². The predicted molar refractivity (Wildman–Crippen MR) is 36.9 cm³/mol. The van der Waals surface area contributed by atoms with Crippen LogP contribution < -0.4 is 9.71 Å². The molecule has 2 N–H and O–H groups in total. The quantitative estimate of drug-likeness (QED) is 0.575. The number of hydrogen-bond acceptors (Lipinski definition) is 3. The van der Waals surface area contributed by atoms with Crippen molar-refractivity contribution in [3.8, 4) is 0 Å². The molecule has 0 saturated carbocycles. The van der Waals surface area contributed by atoms with Crippen LogP contribution in [0.2, 0.25) is 0 Å². The highest BCUT2D eigenvalue weighted by Crippen LogP contribution is 2.08. The van der Waals surface area contributed by atoms with Gasteiger partial charge in [0, 0.05) is 0 Å². The second-order valence-electron chi connectivity index (χ2n) is 1.88. The van der Waals surface area contributed by atoms with E-state index in [-0.39, 0.29) is 4.21 Å². The molecule has 1 heterocycles. The zero-order valence-electron chi connectivity index (χ0n) is 5.31. The SMILES string of the molecule is C[n+]1csc(S(N)(=O)=O)c1. The third kappa shape index (κ3) is 1.53. The first-order valence-corrected chi connectivity index (χ1v) is 4.89. The Labute approximate surface area is 63.0 Å². The van der Waals surface area contributed by atoms with Gasteiger partial charge in [-0.1, -0.05) is 11.3 Å². The molecule has 0 radical (unpaired) electrons. The van der Waals surface area contributed by atoms with Gasteiger partial charge in [-0.05, 0) is 0 Å². The van der Waals surface area contributed by atoms with Gasteiger partial charge in [0.2, 0.25) is 9.72 Å². The van der Waals surface area contributed by atoms with Crippen LogP contribution in [0.5, 0.6) is 0 Å². The van der Waals surface area contributed by atoms with Crippen LogP contribution in [0.25, 0.3) is 0 Å². The molecule has 56 valence electrons. The largest absolute Gasteiger partial charge is 0.253 e. The van der Waals surface area contributed by atoms with Crippen molar-refractivity contribution in [3.63, 3.8) is 0 Å². The summed E-state index contributed by atoms with van der Waals surface area (Å²) in [5.74, 6) is 0. The zero-order chi connectivity index (χ0) is 7.78. The highest BCUT2D eigenvalue weighted by Gasteiger charge is 2.13. The molecule has 0 fully saturated rings. The predicted octanol–water partition coefficient (Wildman–Crippen LogP) is -0.780. The van der Waals surface area contributed by atoms with Crippen molar-refractivity contribution < 1.29 is 13.0 Å². The third-order valence-corrected chi connectivity index (χ3v) is 3.35. The molecule has 0 aliphatic carbocycles. The second kappa shape index (κ2) is 2.30. The third-order valence-electron chi connectivity index (χ3n) is 0.925. The van der Waals surface area contributed by atoms with Gasteiger partial charge in [-0.15, -0.1) is 0 Å². The fraction of sp³-hybridized carbons (Fsp3) is 0.250. The molecule has 0 saturated heterocycles. The lowest BCUT2D eigenvalue weighted by atomic mass is 10.9. The molecule has 0 unspecified atom stereocenters. The molecule has 0 amide bonds. The van der Waals surface area contributed by atoms with Crippen LogP contribution in [0.3, 0.4) is 0 Å². The van der Waals surface area contributed by atoms with E-state index in [2.05, 4.69) is 0 Å². The van der Waals surface area contributed by atoms with E-state index < -0.39 is 10.0 Å². The molecule has 6 heteroatoms. The molecular weight excluding hydrogens is 172 g/mol. The second-order valence-corrected chi connectivity index (χ2v) is 4.56. The topological polar surface area (TPSA) is 64.0 Å². The van der Waals surface area contributed by atoms with Crippen molar-refractivity contribution in [2.45, 2.75) is 4.21 Å². The normalized spacial score (nSPS) is 11.8. The van der Waals surface area contributed by atoms with Crippen LogP contribution in [0.4, 0.5) is 0 Å². The average molecular weight is 179 g/mol. The van der Waals surface area contributed by atoms with Gasteiger partial charge in [0.05, 0.1) is 0 Å². The minimum Gasteiger partial charge on any atom is -0.224 e. The Kier molecular flexibility index (Phi) is 1.76. The fourth-order valence-corrected chi connectivity index (χ4v) is 2.04. The van der Waals surface area contributed by atoms with Crippen LogP contribution in [0.1, 0.15) is 0 Å². The first-order valence-electron chi connectivity index (χ1n) is 2.47. The number of thiazole rings is 1. The van der Waals surface area contributed by atoms with E-state index in [1.54, 1.807) is 17.1 Å². The number of hydrogen-bond donors (Lipinski definition) is 1. The Hall–Kier alpha value is -0.460. The van der Waals surface area contributed by atoms with Crippen molar-refractivity contribution in [1.29, 1.82) is 0 Å². The van der Waals surface area contributed by atoms with Crippen molar-refractivity contribution >= 4 is 21.4 Å². The first-order chi connectivity index (χ1) is 4.50. The van der Waals surface area contributed by atoms with E-state index in [0.717, 1.165) is 11.3 Å². The van der Waals surface area contributed by atoms with Gasteiger partial charge < -0.3 is 0 Å². The summed E-state index contributed by atoms with van der Waals surface area (Å²) in [6.45, 7) is 0. The number of sulfonamides is 1. The Bertz CT molecular complexity index is 327. The molecule has 0 bridgehead atoms. The molecule has 0 aliphatic rings. The molecule has 0 atom stereocenters. The molecule has 1 aromatic heterocycles. The van der Waals surface area contributed by atoms with E-state index >= 15 is 0 Å². The summed E-state index contributed by atoms with van der Waals surface area (Å²) in [6, 6.07) is 0. The van der Waals surface area contributed by atoms with Gasteiger partial charge in [-0.25, -0.2) is 13.6 Å². The fourth-order valence-electron chi connectivity index (χ4n) is 0.503. The van der Waals surface area contributed by atoms with Gasteiger partial charge in [0.25, 0.3) is 10.0 Å². The summed E-state index contributed by atoms with van der Waals surface area (Å²) < 4.78 is 23.1. The van der Waals surface area contributed by atoms with Gasteiger partial charge in [-0.2, -0.15) is 4.57 Å². The number of rotatable bonds is 1. The Morgan fingerprint density at radius 3 is 2.50 bits per heavy atom. The monoisotopic (exact) mass is 179 g/mol. The van der Waals surface area contributed by atoms with E-state index in [1.807, 2.05) is 0 Å². The lowest BCUT2D eigenvalue weighted by molar-refractivity contribution is -0.667. The number of nitrogens with zero attached hydrogens (tertiary/aromatic N) is 1. The summed E-state index contributed by atoms with van der Waals surface area (Å²) in [5, 5.41) is 4.84. The molecule has 10 heavy (non-hydrogen) atoms. The lowest BCUT2D eigenvalue weighted by Crippen LogP contribution is -2.23. The van der Waals surface area contributed by atoms with Crippen molar-refractivity contribution in [2.24, 2.45) is 12.2 Å². The van der Waals surface area contributed by atoms with Crippen molar-refractivity contribution in [1.82, 2.24) is 0 Å². The number of aromatic nitrogens is 1. The average Bonchev–Trinajstić information content (AvgIpc) is 2.11. The molecule has 1 rings (SSSR count). The smallest absolute Gasteiger partial charge is 0.224 e. The van der Waals surface area contributed by atoms with E-state index in [4.69, 9.17) is 5.14 Å². The Balaban J connectivity index is 3.21. The van der Waals surface area contributed by atoms with Gasteiger partial charge >= 0.3 is 0 Å². The standard InChI is InChI=1S/C4H7N2O2S2/c1-6-2-4(9-3-6)10(5,7)8/h2-3H,1H3,(H2,5,7,8)/q+1. The van der Waals surface area contributed by atoms with E-state index in [9.17, 15) is 8.42 Å². The number of nitrogens with two attached hydrogens (primary N) is 1. The van der Waals surface area contributed by atoms with Crippen LogP contribution in [-0.4, -0.2) is 8.42 Å². The molecule has 0 aromatic carbocycles. The van der Waals surface area contributed by atoms with Crippen molar-refractivity contribution in [2.75, 3.05) is 0 Å². The van der Waals surface area contributed by atoms with Crippen molar-refractivity contribution in [3.05, 3.63) is 11.7 Å². The van der Waals surface area contributed by atoms with Gasteiger partial charge in [0.15, 0.2) is 6.20 Å². The summed E-state index contributed by atoms with van der Waals surface area (Å²) >= 11 is 1.11. The minimum atomic E-state index is -3.48. The summed E-state index contributed by atoms with van der Waals surface area (Å²) in [6.07, 6.45) is 1.47. The Morgan fingerprint density at radius 1 is 1.70 bits per heavy atom. The van der Waals surface area contributed by atoms with E-state index in [1.165, 1.54) is 6.20 Å². The first kappa shape index (κ1) is 7.64.